The normalized spacial score (nSPS) is 11.2. The van der Waals surface area contributed by atoms with Crippen LogP contribution < -0.4 is 0 Å². The standard InChI is InChI=1S/C7H15O4P/c1-5-9-12(8,10-6-2)11-7(3)4/h3,5-6H2,1-2,4H3. The van der Waals surface area contributed by atoms with E-state index in [9.17, 15) is 4.57 Å². The maximum Gasteiger partial charge on any atom is 0.529 e. The molecule has 0 bridgehead atoms. The number of hydrogen-bond donors (Lipinski definition) is 0. The van der Waals surface area contributed by atoms with Crippen LogP contribution in [-0.4, -0.2) is 13.2 Å². The third kappa shape index (κ3) is 4.54. The largest absolute Gasteiger partial charge is 0.529 e. The smallest absolute Gasteiger partial charge is 0.409 e. The number of phosphoric acid groups is 1. The molecule has 0 rings (SSSR count). The van der Waals surface area contributed by atoms with E-state index in [0.717, 1.165) is 0 Å². The molecule has 5 heteroatoms. The first-order valence-electron chi connectivity index (χ1n) is 3.78. The molecular formula is C7H15O4P. The fraction of sp³-hybridized carbons (Fsp3) is 0.714. The van der Waals surface area contributed by atoms with Gasteiger partial charge in [-0.05, 0) is 20.8 Å². The van der Waals surface area contributed by atoms with Gasteiger partial charge in [-0.2, -0.15) is 0 Å². The molecule has 0 saturated heterocycles. The molecule has 0 amide bonds. The molecule has 0 N–H and O–H groups in total. The van der Waals surface area contributed by atoms with Crippen LogP contribution in [0, 0.1) is 0 Å². The van der Waals surface area contributed by atoms with Gasteiger partial charge in [0, 0.05) is 0 Å². The molecule has 0 spiro atoms. The summed E-state index contributed by atoms with van der Waals surface area (Å²) in [6.07, 6.45) is 0. The Hall–Kier alpha value is -0.310. The number of rotatable bonds is 6. The lowest BCUT2D eigenvalue weighted by Crippen LogP contribution is -1.98. The second-order valence-electron chi connectivity index (χ2n) is 2.08. The summed E-state index contributed by atoms with van der Waals surface area (Å²) in [5.74, 6) is 0.320. The van der Waals surface area contributed by atoms with Crippen LogP contribution >= 0.6 is 7.82 Å². The predicted octanol–water partition coefficient (Wildman–Crippen LogP) is 2.72. The SMILES string of the molecule is C=C(C)OP(=O)(OCC)OCC. The van der Waals surface area contributed by atoms with Crippen molar-refractivity contribution < 1.29 is 18.1 Å². The zero-order valence-electron chi connectivity index (χ0n) is 7.70. The van der Waals surface area contributed by atoms with Crippen molar-refractivity contribution in [1.29, 1.82) is 0 Å². The monoisotopic (exact) mass is 194 g/mol. The van der Waals surface area contributed by atoms with Gasteiger partial charge in [0.25, 0.3) is 0 Å². The van der Waals surface area contributed by atoms with E-state index in [1.165, 1.54) is 0 Å². The van der Waals surface area contributed by atoms with Crippen molar-refractivity contribution in [3.05, 3.63) is 12.3 Å². The summed E-state index contributed by atoms with van der Waals surface area (Å²) in [6, 6.07) is 0. The second kappa shape index (κ2) is 5.36. The molecule has 0 aromatic heterocycles. The molecule has 0 saturated carbocycles. The Morgan fingerprint density at radius 2 is 1.75 bits per heavy atom. The molecule has 0 heterocycles. The van der Waals surface area contributed by atoms with Gasteiger partial charge in [-0.3, -0.25) is 9.05 Å². The van der Waals surface area contributed by atoms with E-state index in [4.69, 9.17) is 13.6 Å². The molecule has 12 heavy (non-hydrogen) atoms. The van der Waals surface area contributed by atoms with Crippen LogP contribution in [0.4, 0.5) is 0 Å². The minimum atomic E-state index is -3.38. The van der Waals surface area contributed by atoms with Gasteiger partial charge in [-0.15, -0.1) is 0 Å². The number of phosphoric ester groups is 1. The number of allylic oxidation sites excluding steroid dienone is 1. The fourth-order valence-electron chi connectivity index (χ4n) is 0.597. The Labute approximate surface area is 73.1 Å². The molecule has 72 valence electrons. The van der Waals surface area contributed by atoms with Gasteiger partial charge in [0.2, 0.25) is 0 Å². The maximum atomic E-state index is 11.5. The fourth-order valence-corrected chi connectivity index (χ4v) is 1.79. The summed E-state index contributed by atoms with van der Waals surface area (Å²) in [7, 11) is -3.38. The molecule has 4 nitrogen and oxygen atoms in total. The van der Waals surface area contributed by atoms with Gasteiger partial charge in [-0.25, -0.2) is 4.57 Å². The van der Waals surface area contributed by atoms with Crippen molar-refractivity contribution in [2.45, 2.75) is 20.8 Å². The molecule has 0 aliphatic heterocycles. The minimum absolute atomic E-state index is 0.282. The molecule has 0 atom stereocenters. The van der Waals surface area contributed by atoms with E-state index in [0.29, 0.717) is 5.76 Å². The van der Waals surface area contributed by atoms with Crippen LogP contribution in [0.15, 0.2) is 12.3 Å². The highest BCUT2D eigenvalue weighted by Crippen LogP contribution is 2.50. The summed E-state index contributed by atoms with van der Waals surface area (Å²) >= 11 is 0. The van der Waals surface area contributed by atoms with Gasteiger partial charge in [0.1, 0.15) is 0 Å². The van der Waals surface area contributed by atoms with Crippen LogP contribution in [0.3, 0.4) is 0 Å². The lowest BCUT2D eigenvalue weighted by atomic mass is 10.7. The van der Waals surface area contributed by atoms with Crippen molar-refractivity contribution in [1.82, 2.24) is 0 Å². The first kappa shape index (κ1) is 11.7. The van der Waals surface area contributed by atoms with Crippen molar-refractivity contribution in [3.8, 4) is 0 Å². The first-order valence-corrected chi connectivity index (χ1v) is 5.24. The van der Waals surface area contributed by atoms with Crippen molar-refractivity contribution in [2.24, 2.45) is 0 Å². The highest BCUT2D eigenvalue weighted by Gasteiger charge is 2.26. The number of hydrogen-bond acceptors (Lipinski definition) is 4. The molecule has 0 aromatic rings. The molecule has 0 aliphatic carbocycles. The first-order chi connectivity index (χ1) is 5.54. The molecule has 0 aromatic carbocycles. The highest BCUT2D eigenvalue weighted by atomic mass is 31.2. The second-order valence-corrected chi connectivity index (χ2v) is 3.67. The predicted molar refractivity (Wildman–Crippen MR) is 46.8 cm³/mol. The van der Waals surface area contributed by atoms with Gasteiger partial charge >= 0.3 is 7.82 Å². The zero-order chi connectivity index (χ0) is 9.61. The molecule has 0 aliphatic rings. The van der Waals surface area contributed by atoms with E-state index in [1.807, 2.05) is 0 Å². The Bertz CT molecular complexity index is 180. The Morgan fingerprint density at radius 3 is 2.00 bits per heavy atom. The lowest BCUT2D eigenvalue weighted by molar-refractivity contribution is 0.146. The average Bonchev–Trinajstić information content (AvgIpc) is 1.85. The van der Waals surface area contributed by atoms with E-state index in [2.05, 4.69) is 6.58 Å². The van der Waals surface area contributed by atoms with E-state index in [-0.39, 0.29) is 13.2 Å². The summed E-state index contributed by atoms with van der Waals surface area (Å²) in [4.78, 5) is 0. The van der Waals surface area contributed by atoms with Gasteiger partial charge < -0.3 is 4.52 Å². The van der Waals surface area contributed by atoms with Crippen molar-refractivity contribution >= 4 is 7.82 Å². The van der Waals surface area contributed by atoms with Crippen molar-refractivity contribution in [2.75, 3.05) is 13.2 Å². The van der Waals surface area contributed by atoms with Gasteiger partial charge in [-0.1, -0.05) is 6.58 Å². The minimum Gasteiger partial charge on any atom is -0.409 e. The van der Waals surface area contributed by atoms with E-state index >= 15 is 0 Å². The molecule has 0 radical (unpaired) electrons. The summed E-state index contributed by atoms with van der Waals surface area (Å²) in [5, 5.41) is 0. The quantitative estimate of drug-likeness (QED) is 0.481. The Kier molecular flexibility index (Phi) is 5.22. The van der Waals surface area contributed by atoms with Crippen LogP contribution in [-0.2, 0) is 18.1 Å². The van der Waals surface area contributed by atoms with Gasteiger partial charge in [0.05, 0.1) is 19.0 Å². The van der Waals surface area contributed by atoms with Crippen LogP contribution in [0.2, 0.25) is 0 Å². The van der Waals surface area contributed by atoms with Crippen molar-refractivity contribution in [3.63, 3.8) is 0 Å². The van der Waals surface area contributed by atoms with Crippen LogP contribution in [0.5, 0.6) is 0 Å². The summed E-state index contributed by atoms with van der Waals surface area (Å²) < 4.78 is 26.0. The summed E-state index contributed by atoms with van der Waals surface area (Å²) in [6.45, 7) is 9.03. The third-order valence-electron chi connectivity index (χ3n) is 0.842. The van der Waals surface area contributed by atoms with E-state index in [1.54, 1.807) is 20.8 Å². The van der Waals surface area contributed by atoms with E-state index < -0.39 is 7.82 Å². The lowest BCUT2D eigenvalue weighted by Gasteiger charge is -2.16. The Balaban J connectivity index is 4.18. The van der Waals surface area contributed by atoms with Gasteiger partial charge in [0.15, 0.2) is 0 Å². The average molecular weight is 194 g/mol. The molecule has 0 fully saturated rings. The summed E-state index contributed by atoms with van der Waals surface area (Å²) in [5.41, 5.74) is 0. The Morgan fingerprint density at radius 1 is 1.33 bits per heavy atom. The highest BCUT2D eigenvalue weighted by molar-refractivity contribution is 7.48. The molecular weight excluding hydrogens is 179 g/mol. The third-order valence-corrected chi connectivity index (χ3v) is 2.53. The topological polar surface area (TPSA) is 44.8 Å². The zero-order valence-corrected chi connectivity index (χ0v) is 8.60. The molecule has 0 unspecified atom stereocenters. The van der Waals surface area contributed by atoms with Crippen LogP contribution in [0.25, 0.3) is 0 Å². The maximum absolute atomic E-state index is 11.5. The van der Waals surface area contributed by atoms with Crippen LogP contribution in [0.1, 0.15) is 20.8 Å².